The van der Waals surface area contributed by atoms with Gasteiger partial charge in [-0.25, -0.2) is 15.0 Å². The summed E-state index contributed by atoms with van der Waals surface area (Å²) in [6.07, 6.45) is 0. The molecular formula is C58H34N4. The van der Waals surface area contributed by atoms with E-state index in [0.717, 1.165) is 33.4 Å². The topological polar surface area (TPSA) is 62.5 Å². The first-order valence-electron chi connectivity index (χ1n) is 20.8. The SMILES string of the molecule is N#Cc1ccc(-c2c3ccccc3c(-c3ccc4c5c(ccc(-c6ccc(-c7nc(-c8ccccc8)nc(-c8ccccc8)n7)cc6)c35)-c3ccccc3-4)c3ccccc23)cc1. The average molecular weight is 787 g/mol. The molecule has 0 saturated carbocycles. The first kappa shape index (κ1) is 35.4. The molecule has 0 amide bonds. The number of fused-ring (bicyclic) bond motifs is 5. The van der Waals surface area contributed by atoms with Crippen molar-refractivity contribution in [3.63, 3.8) is 0 Å². The van der Waals surface area contributed by atoms with Crippen LogP contribution in [0.25, 0.3) is 122 Å². The van der Waals surface area contributed by atoms with Crippen molar-refractivity contribution in [3.8, 4) is 95.9 Å². The second-order valence-electron chi connectivity index (χ2n) is 15.8. The minimum atomic E-state index is 0.626. The van der Waals surface area contributed by atoms with Crippen molar-refractivity contribution >= 4 is 32.3 Å². The van der Waals surface area contributed by atoms with E-state index in [4.69, 9.17) is 15.0 Å². The summed E-state index contributed by atoms with van der Waals surface area (Å²) in [5.41, 5.74) is 15.4. The number of hydrogen-bond donors (Lipinski definition) is 0. The van der Waals surface area contributed by atoms with E-state index in [-0.39, 0.29) is 0 Å². The van der Waals surface area contributed by atoms with Gasteiger partial charge in [0, 0.05) is 16.7 Å². The maximum atomic E-state index is 9.60. The van der Waals surface area contributed by atoms with Crippen LogP contribution in [0.2, 0.25) is 0 Å². The molecule has 11 aromatic rings. The Balaban J connectivity index is 1.09. The summed E-state index contributed by atoms with van der Waals surface area (Å²) in [4.78, 5) is 15.0. The monoisotopic (exact) mass is 786 g/mol. The van der Waals surface area contributed by atoms with Crippen LogP contribution in [0.15, 0.2) is 206 Å². The zero-order chi connectivity index (χ0) is 41.1. The lowest BCUT2D eigenvalue weighted by Crippen LogP contribution is -2.00. The molecule has 1 aromatic heterocycles. The Hall–Kier alpha value is -8.52. The molecule has 286 valence electrons. The molecule has 0 bridgehead atoms. The molecule has 1 aliphatic carbocycles. The van der Waals surface area contributed by atoms with E-state index in [1.165, 1.54) is 71.3 Å². The third kappa shape index (κ3) is 5.64. The summed E-state index contributed by atoms with van der Waals surface area (Å²) in [6.45, 7) is 0. The van der Waals surface area contributed by atoms with E-state index < -0.39 is 0 Å². The Kier molecular flexibility index (Phi) is 8.19. The molecule has 1 aliphatic rings. The molecule has 0 aliphatic heterocycles. The Morgan fingerprint density at radius 3 is 1.15 bits per heavy atom. The molecule has 0 N–H and O–H groups in total. The largest absolute Gasteiger partial charge is 0.208 e. The Bertz CT molecular complexity index is 3460. The summed E-state index contributed by atoms with van der Waals surface area (Å²) >= 11 is 0. The van der Waals surface area contributed by atoms with E-state index in [2.05, 4.69) is 140 Å². The molecule has 0 saturated heterocycles. The van der Waals surface area contributed by atoms with Gasteiger partial charge in [-0.3, -0.25) is 0 Å². The summed E-state index contributed by atoms with van der Waals surface area (Å²) in [5, 5.41) is 16.8. The molecule has 12 rings (SSSR count). The maximum absolute atomic E-state index is 9.60. The minimum absolute atomic E-state index is 0.626. The van der Waals surface area contributed by atoms with E-state index in [9.17, 15) is 5.26 Å². The first-order chi connectivity index (χ1) is 30.7. The van der Waals surface area contributed by atoms with Crippen molar-refractivity contribution in [2.45, 2.75) is 0 Å². The van der Waals surface area contributed by atoms with Crippen LogP contribution in [0.3, 0.4) is 0 Å². The van der Waals surface area contributed by atoms with Gasteiger partial charge in [0.25, 0.3) is 0 Å². The number of benzene rings is 10. The summed E-state index contributed by atoms with van der Waals surface area (Å²) in [6, 6.07) is 74.8. The average Bonchev–Trinajstić information content (AvgIpc) is 3.68. The van der Waals surface area contributed by atoms with Crippen molar-refractivity contribution in [2.75, 3.05) is 0 Å². The van der Waals surface area contributed by atoms with Gasteiger partial charge in [-0.15, -0.1) is 0 Å². The third-order valence-electron chi connectivity index (χ3n) is 12.3. The second-order valence-corrected chi connectivity index (χ2v) is 15.8. The first-order valence-corrected chi connectivity index (χ1v) is 20.8. The summed E-state index contributed by atoms with van der Waals surface area (Å²) in [5.74, 6) is 1.90. The van der Waals surface area contributed by atoms with Gasteiger partial charge in [-0.1, -0.05) is 194 Å². The highest BCUT2D eigenvalue weighted by atomic mass is 15.0. The minimum Gasteiger partial charge on any atom is -0.208 e. The highest BCUT2D eigenvalue weighted by molar-refractivity contribution is 6.28. The third-order valence-corrected chi connectivity index (χ3v) is 12.3. The molecule has 4 nitrogen and oxygen atoms in total. The molecule has 62 heavy (non-hydrogen) atoms. The molecular weight excluding hydrogens is 753 g/mol. The van der Waals surface area contributed by atoms with Gasteiger partial charge in [0.2, 0.25) is 0 Å². The van der Waals surface area contributed by atoms with Crippen LogP contribution in [0.1, 0.15) is 5.56 Å². The molecule has 10 aromatic carbocycles. The van der Waals surface area contributed by atoms with E-state index >= 15 is 0 Å². The normalized spacial score (nSPS) is 11.5. The zero-order valence-electron chi connectivity index (χ0n) is 33.4. The van der Waals surface area contributed by atoms with Crippen LogP contribution in [0, 0.1) is 11.3 Å². The molecule has 0 fully saturated rings. The highest BCUT2D eigenvalue weighted by Gasteiger charge is 2.27. The Morgan fingerprint density at radius 2 is 0.645 bits per heavy atom. The lowest BCUT2D eigenvalue weighted by Gasteiger charge is -2.21. The predicted molar refractivity (Wildman–Crippen MR) is 254 cm³/mol. The number of nitrogens with zero attached hydrogens (tertiary/aromatic N) is 4. The fourth-order valence-electron chi connectivity index (χ4n) is 9.52. The fourth-order valence-corrected chi connectivity index (χ4v) is 9.52. The van der Waals surface area contributed by atoms with Crippen LogP contribution in [0.5, 0.6) is 0 Å². The summed E-state index contributed by atoms with van der Waals surface area (Å²) < 4.78 is 0. The number of nitriles is 1. The van der Waals surface area contributed by atoms with E-state index in [1.54, 1.807) is 0 Å². The number of hydrogen-bond acceptors (Lipinski definition) is 4. The molecule has 0 unspecified atom stereocenters. The van der Waals surface area contributed by atoms with Gasteiger partial charge in [-0.2, -0.15) is 5.26 Å². The van der Waals surface area contributed by atoms with Crippen LogP contribution in [-0.4, -0.2) is 15.0 Å². The lowest BCUT2D eigenvalue weighted by molar-refractivity contribution is 1.07. The Morgan fingerprint density at radius 1 is 0.274 bits per heavy atom. The van der Waals surface area contributed by atoms with Gasteiger partial charge >= 0.3 is 0 Å². The molecule has 4 heteroatoms. The predicted octanol–water partition coefficient (Wildman–Crippen LogP) is 14.9. The Labute approximate surface area is 358 Å². The summed E-state index contributed by atoms with van der Waals surface area (Å²) in [7, 11) is 0. The molecule has 0 radical (unpaired) electrons. The van der Waals surface area contributed by atoms with Crippen LogP contribution < -0.4 is 0 Å². The van der Waals surface area contributed by atoms with Gasteiger partial charge < -0.3 is 0 Å². The van der Waals surface area contributed by atoms with Crippen molar-refractivity contribution < 1.29 is 0 Å². The fraction of sp³-hybridized carbons (Fsp3) is 0. The van der Waals surface area contributed by atoms with Crippen molar-refractivity contribution in [1.82, 2.24) is 15.0 Å². The number of aromatic nitrogens is 3. The van der Waals surface area contributed by atoms with E-state index in [0.29, 0.717) is 23.0 Å². The van der Waals surface area contributed by atoms with Crippen molar-refractivity contribution in [3.05, 3.63) is 212 Å². The standard InChI is InChI=1S/C58H34N4/c59-35-36-23-25-38(26-24-36)52-45-19-9-11-21-47(45)53(48-22-12-10-20-46(48)52)51-34-33-50-44-18-8-7-17-43(44)49-32-31-42(54(51)55(49)50)37-27-29-41(30-28-37)58-61-56(39-13-3-1-4-14-39)60-57(62-58)40-15-5-2-6-16-40/h1-34H. The quantitative estimate of drug-likeness (QED) is 0.158. The number of rotatable bonds is 6. The van der Waals surface area contributed by atoms with Crippen molar-refractivity contribution in [1.29, 1.82) is 5.26 Å². The smallest absolute Gasteiger partial charge is 0.164 e. The zero-order valence-corrected chi connectivity index (χ0v) is 33.4. The lowest BCUT2D eigenvalue weighted by atomic mass is 9.82. The van der Waals surface area contributed by atoms with Crippen LogP contribution in [0.4, 0.5) is 0 Å². The van der Waals surface area contributed by atoms with Crippen LogP contribution >= 0.6 is 0 Å². The highest BCUT2D eigenvalue weighted by Crippen LogP contribution is 2.54. The maximum Gasteiger partial charge on any atom is 0.164 e. The van der Waals surface area contributed by atoms with Gasteiger partial charge in [0.05, 0.1) is 11.6 Å². The van der Waals surface area contributed by atoms with Crippen molar-refractivity contribution in [2.24, 2.45) is 0 Å². The van der Waals surface area contributed by atoms with Gasteiger partial charge in [-0.05, 0) is 100 Å². The molecule has 0 atom stereocenters. The second kappa shape index (κ2) is 14.3. The molecule has 0 spiro atoms. The molecule has 1 heterocycles. The van der Waals surface area contributed by atoms with Gasteiger partial charge in [0.1, 0.15) is 0 Å². The van der Waals surface area contributed by atoms with E-state index in [1.807, 2.05) is 72.8 Å². The van der Waals surface area contributed by atoms with Gasteiger partial charge in [0.15, 0.2) is 17.5 Å². The van der Waals surface area contributed by atoms with Crippen LogP contribution in [-0.2, 0) is 0 Å².